The molecule has 0 spiro atoms. The Morgan fingerprint density at radius 3 is 2.38 bits per heavy atom. The molecule has 1 amide bonds. The van der Waals surface area contributed by atoms with E-state index >= 15 is 0 Å². The van der Waals surface area contributed by atoms with Gasteiger partial charge in [0.05, 0.1) is 5.69 Å². The third kappa shape index (κ3) is 2.89. The molecule has 1 heterocycles. The summed E-state index contributed by atoms with van der Waals surface area (Å²) in [7, 11) is 0. The Hall–Kier alpha value is -2.75. The number of rotatable bonds is 3. The molecule has 104 valence electrons. The van der Waals surface area contributed by atoms with Crippen LogP contribution in [-0.4, -0.2) is 17.5 Å². The largest absolute Gasteiger partial charge is 0.314 e. The Morgan fingerprint density at radius 2 is 1.67 bits per heavy atom. The van der Waals surface area contributed by atoms with Gasteiger partial charge in [-0.25, -0.2) is 4.99 Å². The number of nitrogens with zero attached hydrogens (tertiary/aromatic N) is 1. The standard InChI is InChI=1S/C17H14N2O2/c20-16-11-10-15(19-16)18-14-9-5-4-8-13(14)17(21)12-6-2-1-3-7-12/h1-9H,10-11H2,(H,18,19,20). The predicted octanol–water partition coefficient (Wildman–Crippen LogP) is 2.86. The summed E-state index contributed by atoms with van der Waals surface area (Å²) in [5.41, 5.74) is 1.75. The van der Waals surface area contributed by atoms with Crippen molar-refractivity contribution in [1.29, 1.82) is 0 Å². The molecule has 0 unspecified atom stereocenters. The highest BCUT2D eigenvalue weighted by Crippen LogP contribution is 2.23. The minimum Gasteiger partial charge on any atom is -0.314 e. The maximum atomic E-state index is 12.5. The number of benzene rings is 2. The van der Waals surface area contributed by atoms with E-state index in [1.165, 1.54) is 0 Å². The molecule has 0 atom stereocenters. The number of ketones is 1. The number of para-hydroxylation sites is 1. The van der Waals surface area contributed by atoms with E-state index in [9.17, 15) is 9.59 Å². The van der Waals surface area contributed by atoms with Crippen LogP contribution in [0.3, 0.4) is 0 Å². The van der Waals surface area contributed by atoms with E-state index in [2.05, 4.69) is 10.3 Å². The molecule has 21 heavy (non-hydrogen) atoms. The van der Waals surface area contributed by atoms with Gasteiger partial charge in [0.2, 0.25) is 5.91 Å². The molecule has 3 rings (SSSR count). The van der Waals surface area contributed by atoms with Crippen molar-refractivity contribution < 1.29 is 9.59 Å². The molecule has 4 heteroatoms. The summed E-state index contributed by atoms with van der Waals surface area (Å²) >= 11 is 0. The van der Waals surface area contributed by atoms with Crippen LogP contribution in [0.5, 0.6) is 0 Å². The molecule has 0 aromatic heterocycles. The average molecular weight is 278 g/mol. The minimum absolute atomic E-state index is 0.0272. The second kappa shape index (κ2) is 5.71. The smallest absolute Gasteiger partial charge is 0.225 e. The summed E-state index contributed by atoms with van der Waals surface area (Å²) in [5.74, 6) is 0.522. The topological polar surface area (TPSA) is 58.5 Å². The van der Waals surface area contributed by atoms with Crippen molar-refractivity contribution in [2.75, 3.05) is 0 Å². The van der Waals surface area contributed by atoms with Crippen LogP contribution in [-0.2, 0) is 4.79 Å². The van der Waals surface area contributed by atoms with E-state index in [4.69, 9.17) is 0 Å². The summed E-state index contributed by atoms with van der Waals surface area (Å²) in [6.45, 7) is 0. The van der Waals surface area contributed by atoms with Crippen molar-refractivity contribution in [3.05, 3.63) is 65.7 Å². The number of hydrogen-bond donors (Lipinski definition) is 1. The number of amidine groups is 1. The molecular weight excluding hydrogens is 264 g/mol. The van der Waals surface area contributed by atoms with Gasteiger partial charge >= 0.3 is 0 Å². The van der Waals surface area contributed by atoms with Gasteiger partial charge in [-0.1, -0.05) is 42.5 Å². The second-order valence-corrected chi connectivity index (χ2v) is 4.82. The molecule has 2 aromatic rings. The van der Waals surface area contributed by atoms with Gasteiger partial charge in [0.15, 0.2) is 5.78 Å². The Morgan fingerprint density at radius 1 is 0.952 bits per heavy atom. The number of nitrogens with one attached hydrogen (secondary N) is 1. The van der Waals surface area contributed by atoms with Crippen LogP contribution >= 0.6 is 0 Å². The van der Waals surface area contributed by atoms with Crippen molar-refractivity contribution in [3.63, 3.8) is 0 Å². The van der Waals surface area contributed by atoms with Crippen LogP contribution in [0.15, 0.2) is 59.6 Å². The van der Waals surface area contributed by atoms with Gasteiger partial charge in [0.1, 0.15) is 5.84 Å². The fourth-order valence-electron chi connectivity index (χ4n) is 2.26. The first-order valence-corrected chi connectivity index (χ1v) is 6.80. The molecule has 0 radical (unpaired) electrons. The monoisotopic (exact) mass is 278 g/mol. The first kappa shape index (κ1) is 13.2. The lowest BCUT2D eigenvalue weighted by molar-refractivity contribution is -0.118. The van der Waals surface area contributed by atoms with E-state index in [-0.39, 0.29) is 11.7 Å². The molecule has 1 fully saturated rings. The molecular formula is C17H14N2O2. The van der Waals surface area contributed by atoms with Crippen molar-refractivity contribution in [2.45, 2.75) is 12.8 Å². The zero-order valence-electron chi connectivity index (χ0n) is 11.4. The van der Waals surface area contributed by atoms with Crippen LogP contribution in [0.4, 0.5) is 5.69 Å². The molecule has 2 aromatic carbocycles. The molecule has 4 nitrogen and oxygen atoms in total. The zero-order valence-corrected chi connectivity index (χ0v) is 11.4. The lowest BCUT2D eigenvalue weighted by Crippen LogP contribution is -2.19. The van der Waals surface area contributed by atoms with Crippen molar-refractivity contribution in [2.24, 2.45) is 4.99 Å². The van der Waals surface area contributed by atoms with E-state index < -0.39 is 0 Å². The summed E-state index contributed by atoms with van der Waals surface area (Å²) in [4.78, 5) is 28.2. The highest BCUT2D eigenvalue weighted by atomic mass is 16.2. The van der Waals surface area contributed by atoms with E-state index in [0.717, 1.165) is 0 Å². The summed E-state index contributed by atoms with van der Waals surface area (Å²) < 4.78 is 0. The minimum atomic E-state index is -0.0696. The average Bonchev–Trinajstić information content (AvgIpc) is 2.93. The molecule has 0 bridgehead atoms. The Kier molecular flexibility index (Phi) is 3.60. The number of carbonyl (C=O) groups is 2. The van der Waals surface area contributed by atoms with Gasteiger partial charge in [-0.15, -0.1) is 0 Å². The van der Waals surface area contributed by atoms with Crippen LogP contribution in [0, 0.1) is 0 Å². The molecule has 1 aliphatic rings. The second-order valence-electron chi connectivity index (χ2n) is 4.82. The summed E-state index contributed by atoms with van der Waals surface area (Å²) in [6.07, 6.45) is 1.04. The van der Waals surface area contributed by atoms with Crippen LogP contribution < -0.4 is 5.32 Å². The lowest BCUT2D eigenvalue weighted by atomic mass is 10.0. The van der Waals surface area contributed by atoms with E-state index in [0.29, 0.717) is 35.5 Å². The molecule has 1 aliphatic heterocycles. The van der Waals surface area contributed by atoms with Gasteiger partial charge in [0, 0.05) is 24.0 Å². The van der Waals surface area contributed by atoms with Crippen LogP contribution in [0.1, 0.15) is 28.8 Å². The number of carbonyl (C=O) groups excluding carboxylic acids is 2. The maximum Gasteiger partial charge on any atom is 0.225 e. The Bertz CT molecular complexity index is 721. The predicted molar refractivity (Wildman–Crippen MR) is 80.8 cm³/mol. The van der Waals surface area contributed by atoms with Gasteiger partial charge in [-0.3, -0.25) is 9.59 Å². The fraction of sp³-hybridized carbons (Fsp3) is 0.118. The van der Waals surface area contributed by atoms with Crippen molar-refractivity contribution in [1.82, 2.24) is 5.32 Å². The zero-order chi connectivity index (χ0) is 14.7. The highest BCUT2D eigenvalue weighted by molar-refractivity contribution is 6.13. The van der Waals surface area contributed by atoms with Crippen molar-refractivity contribution >= 4 is 23.2 Å². The van der Waals surface area contributed by atoms with Gasteiger partial charge < -0.3 is 5.32 Å². The highest BCUT2D eigenvalue weighted by Gasteiger charge is 2.17. The molecule has 0 aliphatic carbocycles. The van der Waals surface area contributed by atoms with Gasteiger partial charge in [-0.2, -0.15) is 0 Å². The van der Waals surface area contributed by atoms with Crippen LogP contribution in [0.2, 0.25) is 0 Å². The van der Waals surface area contributed by atoms with Crippen LogP contribution in [0.25, 0.3) is 0 Å². The third-order valence-electron chi connectivity index (χ3n) is 3.31. The number of hydrogen-bond acceptors (Lipinski definition) is 3. The van der Waals surface area contributed by atoms with Gasteiger partial charge in [0.25, 0.3) is 0 Å². The SMILES string of the molecule is O=C1CCC(=Nc2ccccc2C(=O)c2ccccc2)N1. The third-order valence-corrected chi connectivity index (χ3v) is 3.31. The summed E-state index contributed by atoms with van der Waals surface area (Å²) in [6, 6.07) is 16.3. The molecule has 0 saturated carbocycles. The number of aliphatic imine (C=N–C) groups is 1. The molecule has 1 N–H and O–H groups in total. The fourth-order valence-corrected chi connectivity index (χ4v) is 2.26. The number of amides is 1. The quantitative estimate of drug-likeness (QED) is 0.878. The lowest BCUT2D eigenvalue weighted by Gasteiger charge is -2.06. The van der Waals surface area contributed by atoms with E-state index in [1.807, 2.05) is 30.3 Å². The molecule has 1 saturated heterocycles. The Labute approximate surface area is 122 Å². The summed E-state index contributed by atoms with van der Waals surface area (Å²) in [5, 5.41) is 2.71. The normalized spacial score (nSPS) is 16.0. The first-order chi connectivity index (χ1) is 10.2. The first-order valence-electron chi connectivity index (χ1n) is 6.80. The maximum absolute atomic E-state index is 12.5. The van der Waals surface area contributed by atoms with E-state index in [1.54, 1.807) is 24.3 Å². The van der Waals surface area contributed by atoms with Crippen molar-refractivity contribution in [3.8, 4) is 0 Å². The van der Waals surface area contributed by atoms with Gasteiger partial charge in [-0.05, 0) is 12.1 Å². The Balaban J connectivity index is 1.97.